The molecule has 1 amide bonds. The van der Waals surface area contributed by atoms with Crippen LogP contribution in [0.5, 0.6) is 5.75 Å². The van der Waals surface area contributed by atoms with Gasteiger partial charge >= 0.3 is 0 Å². The van der Waals surface area contributed by atoms with Crippen molar-refractivity contribution in [3.8, 4) is 5.75 Å². The molecule has 0 atom stereocenters. The summed E-state index contributed by atoms with van der Waals surface area (Å²) in [4.78, 5) is 12.4. The third-order valence-electron chi connectivity index (χ3n) is 3.02. The molecular weight excluding hydrogens is 339 g/mol. The highest BCUT2D eigenvalue weighted by atomic mass is 79.9. The molecule has 4 nitrogen and oxygen atoms in total. The summed E-state index contributed by atoms with van der Waals surface area (Å²) in [5, 5.41) is 2.74. The van der Waals surface area contributed by atoms with E-state index in [1.807, 2.05) is 24.6 Å². The minimum absolute atomic E-state index is 0.146. The second-order valence-electron chi connectivity index (χ2n) is 4.84. The van der Waals surface area contributed by atoms with E-state index in [0.29, 0.717) is 11.4 Å². The largest absolute Gasteiger partial charge is 0.494 e. The number of nitrogens with one attached hydrogen (secondary N) is 1. The molecule has 0 fully saturated rings. The Morgan fingerprint density at radius 1 is 1.38 bits per heavy atom. The Balaban J connectivity index is 2.30. The van der Waals surface area contributed by atoms with Gasteiger partial charge in [-0.25, -0.2) is 4.39 Å². The average Bonchev–Trinajstić information content (AvgIpc) is 2.83. The molecule has 0 bridgehead atoms. The van der Waals surface area contributed by atoms with E-state index in [1.165, 1.54) is 25.3 Å². The molecule has 1 aromatic heterocycles. The summed E-state index contributed by atoms with van der Waals surface area (Å²) in [7, 11) is 1.43. The predicted molar refractivity (Wildman–Crippen MR) is 83.4 cm³/mol. The first kappa shape index (κ1) is 15.6. The number of rotatable bonds is 4. The number of nitrogens with zero attached hydrogens (tertiary/aromatic N) is 1. The Bertz CT molecular complexity index is 668. The average molecular weight is 355 g/mol. The first-order valence-electron chi connectivity index (χ1n) is 6.44. The van der Waals surface area contributed by atoms with Gasteiger partial charge in [-0.2, -0.15) is 0 Å². The third-order valence-corrected chi connectivity index (χ3v) is 3.45. The molecule has 0 aliphatic heterocycles. The van der Waals surface area contributed by atoms with E-state index in [2.05, 4.69) is 21.2 Å². The Labute approximate surface area is 131 Å². The summed E-state index contributed by atoms with van der Waals surface area (Å²) in [6.45, 7) is 3.98. The number of methoxy groups -OCH3 is 1. The smallest absolute Gasteiger partial charge is 0.272 e. The number of halogens is 2. The molecule has 1 N–H and O–H groups in total. The van der Waals surface area contributed by atoms with Crippen molar-refractivity contribution < 1.29 is 13.9 Å². The molecule has 0 aliphatic rings. The first-order valence-corrected chi connectivity index (χ1v) is 7.24. The second kappa shape index (κ2) is 6.30. The van der Waals surface area contributed by atoms with E-state index in [4.69, 9.17) is 4.74 Å². The van der Waals surface area contributed by atoms with Gasteiger partial charge in [0.1, 0.15) is 17.3 Å². The monoisotopic (exact) mass is 354 g/mol. The summed E-state index contributed by atoms with van der Waals surface area (Å²) >= 11 is 3.37. The maximum atomic E-state index is 13.2. The molecule has 6 heteroatoms. The summed E-state index contributed by atoms with van der Waals surface area (Å²) in [5.74, 6) is -0.414. The van der Waals surface area contributed by atoms with Crippen LogP contribution in [-0.2, 0) is 0 Å². The summed E-state index contributed by atoms with van der Waals surface area (Å²) in [6, 6.07) is 5.87. The van der Waals surface area contributed by atoms with Crippen LogP contribution in [0.25, 0.3) is 0 Å². The van der Waals surface area contributed by atoms with Crippen LogP contribution >= 0.6 is 15.9 Å². The van der Waals surface area contributed by atoms with Gasteiger partial charge in [-0.3, -0.25) is 4.79 Å². The van der Waals surface area contributed by atoms with Crippen LogP contribution in [0, 0.1) is 5.82 Å². The van der Waals surface area contributed by atoms with Gasteiger partial charge in [0, 0.05) is 22.8 Å². The van der Waals surface area contributed by atoms with Gasteiger partial charge in [-0.05, 0) is 48.0 Å². The number of carbonyl (C=O) groups excluding carboxylic acids is 1. The first-order chi connectivity index (χ1) is 9.92. The number of hydrogen-bond acceptors (Lipinski definition) is 2. The number of benzene rings is 1. The van der Waals surface area contributed by atoms with Gasteiger partial charge in [0.25, 0.3) is 5.91 Å². The molecule has 0 saturated heterocycles. The molecular formula is C15H16BrFN2O2. The Kier molecular flexibility index (Phi) is 4.67. The highest BCUT2D eigenvalue weighted by Crippen LogP contribution is 2.26. The van der Waals surface area contributed by atoms with E-state index in [0.717, 1.165) is 4.47 Å². The van der Waals surface area contributed by atoms with Crippen LogP contribution in [0.3, 0.4) is 0 Å². The fraction of sp³-hybridized carbons (Fsp3) is 0.267. The van der Waals surface area contributed by atoms with Gasteiger partial charge in [0.2, 0.25) is 0 Å². The Morgan fingerprint density at radius 3 is 2.71 bits per heavy atom. The molecule has 21 heavy (non-hydrogen) atoms. The zero-order chi connectivity index (χ0) is 15.6. The lowest BCUT2D eigenvalue weighted by molar-refractivity contribution is 0.101. The van der Waals surface area contributed by atoms with Gasteiger partial charge in [0.05, 0.1) is 12.8 Å². The summed E-state index contributed by atoms with van der Waals surface area (Å²) in [6.07, 6.45) is 1.85. The van der Waals surface area contributed by atoms with Crippen LogP contribution in [0.1, 0.15) is 30.4 Å². The van der Waals surface area contributed by atoms with Crippen molar-refractivity contribution in [3.05, 3.63) is 46.4 Å². The highest BCUT2D eigenvalue weighted by molar-refractivity contribution is 9.10. The van der Waals surface area contributed by atoms with Crippen LogP contribution in [0.15, 0.2) is 34.9 Å². The van der Waals surface area contributed by atoms with E-state index in [1.54, 1.807) is 6.07 Å². The number of amides is 1. The lowest BCUT2D eigenvalue weighted by Crippen LogP contribution is -2.18. The SMILES string of the molecule is COc1cc(F)ccc1NC(=O)c1cc(Br)cn1C(C)C. The molecule has 1 aromatic carbocycles. The normalized spacial score (nSPS) is 10.8. The van der Waals surface area contributed by atoms with Crippen molar-refractivity contribution in [2.24, 2.45) is 0 Å². The topological polar surface area (TPSA) is 43.3 Å². The summed E-state index contributed by atoms with van der Waals surface area (Å²) < 4.78 is 20.9. The molecule has 0 saturated carbocycles. The van der Waals surface area contributed by atoms with Gasteiger partial charge in [-0.15, -0.1) is 0 Å². The maximum Gasteiger partial charge on any atom is 0.272 e. The van der Waals surface area contributed by atoms with E-state index < -0.39 is 5.82 Å². The van der Waals surface area contributed by atoms with Crippen molar-refractivity contribution in [1.82, 2.24) is 4.57 Å². The number of aromatic nitrogens is 1. The van der Waals surface area contributed by atoms with E-state index in [-0.39, 0.29) is 17.7 Å². The predicted octanol–water partition coefficient (Wildman–Crippen LogP) is 4.23. The molecule has 0 radical (unpaired) electrons. The second-order valence-corrected chi connectivity index (χ2v) is 5.76. The zero-order valence-corrected chi connectivity index (χ0v) is 13.6. The summed E-state index contributed by atoms with van der Waals surface area (Å²) in [5.41, 5.74) is 0.944. The minimum atomic E-state index is -0.418. The molecule has 1 heterocycles. The van der Waals surface area contributed by atoms with Crippen molar-refractivity contribution in [2.75, 3.05) is 12.4 Å². The van der Waals surface area contributed by atoms with Gasteiger partial charge in [0.15, 0.2) is 0 Å². The molecule has 2 rings (SSSR count). The quantitative estimate of drug-likeness (QED) is 0.892. The van der Waals surface area contributed by atoms with Crippen molar-refractivity contribution in [2.45, 2.75) is 19.9 Å². The van der Waals surface area contributed by atoms with Crippen LogP contribution in [0.2, 0.25) is 0 Å². The van der Waals surface area contributed by atoms with Crippen molar-refractivity contribution >= 4 is 27.5 Å². The van der Waals surface area contributed by atoms with Crippen LogP contribution in [0.4, 0.5) is 10.1 Å². The molecule has 112 valence electrons. The third kappa shape index (κ3) is 3.44. The van der Waals surface area contributed by atoms with Gasteiger partial charge < -0.3 is 14.6 Å². The molecule has 0 unspecified atom stereocenters. The van der Waals surface area contributed by atoms with Crippen LogP contribution in [-0.4, -0.2) is 17.6 Å². The standard InChI is InChI=1S/C15H16BrFN2O2/c1-9(2)19-8-10(16)6-13(19)15(20)18-12-5-4-11(17)7-14(12)21-3/h4-9H,1-3H3,(H,18,20). The maximum absolute atomic E-state index is 13.2. The molecule has 0 aliphatic carbocycles. The van der Waals surface area contributed by atoms with Crippen molar-refractivity contribution in [1.29, 1.82) is 0 Å². The Hall–Kier alpha value is -1.82. The highest BCUT2D eigenvalue weighted by Gasteiger charge is 2.16. The number of carbonyl (C=O) groups is 1. The lowest BCUT2D eigenvalue weighted by atomic mass is 10.2. The fourth-order valence-electron chi connectivity index (χ4n) is 2.01. The van der Waals surface area contributed by atoms with E-state index >= 15 is 0 Å². The Morgan fingerprint density at radius 2 is 2.10 bits per heavy atom. The zero-order valence-electron chi connectivity index (χ0n) is 12.0. The number of ether oxygens (including phenoxy) is 1. The molecule has 2 aromatic rings. The fourth-order valence-corrected chi connectivity index (χ4v) is 2.45. The minimum Gasteiger partial charge on any atom is -0.494 e. The number of hydrogen-bond donors (Lipinski definition) is 1. The van der Waals surface area contributed by atoms with Crippen molar-refractivity contribution in [3.63, 3.8) is 0 Å². The number of anilines is 1. The van der Waals surface area contributed by atoms with E-state index in [9.17, 15) is 9.18 Å². The molecule has 0 spiro atoms. The lowest BCUT2D eigenvalue weighted by Gasteiger charge is -2.14. The van der Waals surface area contributed by atoms with Crippen LogP contribution < -0.4 is 10.1 Å². The van der Waals surface area contributed by atoms with Gasteiger partial charge in [-0.1, -0.05) is 0 Å².